The van der Waals surface area contributed by atoms with Gasteiger partial charge in [0, 0.05) is 18.3 Å². The van der Waals surface area contributed by atoms with Gasteiger partial charge in [-0.25, -0.2) is 28.2 Å². The first-order chi connectivity index (χ1) is 14.2. The molecule has 4 rings (SSSR count). The molecule has 0 amide bonds. The SMILES string of the molecule is Cc1nc2ccc(-c3ccn4nc(NCCC(F)(F)F)ncc34)nc2n1CC(F)F. The quantitative estimate of drug-likeness (QED) is 0.472. The predicted molar refractivity (Wildman–Crippen MR) is 99.4 cm³/mol. The molecule has 0 saturated heterocycles. The average Bonchev–Trinajstić information content (AvgIpc) is 3.21. The van der Waals surface area contributed by atoms with Crippen molar-refractivity contribution >= 4 is 22.6 Å². The smallest absolute Gasteiger partial charge is 0.353 e. The van der Waals surface area contributed by atoms with E-state index in [1.807, 2.05) is 0 Å². The van der Waals surface area contributed by atoms with E-state index in [1.54, 1.807) is 31.3 Å². The molecule has 0 aromatic carbocycles. The fourth-order valence-electron chi connectivity index (χ4n) is 3.14. The highest BCUT2D eigenvalue weighted by molar-refractivity contribution is 5.82. The summed E-state index contributed by atoms with van der Waals surface area (Å²) < 4.78 is 65.5. The summed E-state index contributed by atoms with van der Waals surface area (Å²) in [5, 5.41) is 6.68. The number of imidazole rings is 1. The second kappa shape index (κ2) is 7.50. The number of hydrogen-bond acceptors (Lipinski definition) is 5. The summed E-state index contributed by atoms with van der Waals surface area (Å²) in [7, 11) is 0. The van der Waals surface area contributed by atoms with E-state index in [2.05, 4.69) is 25.4 Å². The molecule has 0 aliphatic carbocycles. The summed E-state index contributed by atoms with van der Waals surface area (Å²) in [6, 6.07) is 5.13. The van der Waals surface area contributed by atoms with Crippen LogP contribution in [0.5, 0.6) is 0 Å². The Kier molecular flexibility index (Phi) is 5.00. The molecule has 0 aliphatic heterocycles. The molecule has 4 heterocycles. The Morgan fingerprint density at radius 3 is 2.67 bits per heavy atom. The number of halogens is 5. The van der Waals surface area contributed by atoms with Crippen LogP contribution < -0.4 is 5.32 Å². The average molecular weight is 425 g/mol. The van der Waals surface area contributed by atoms with Crippen LogP contribution in [0, 0.1) is 6.92 Å². The largest absolute Gasteiger partial charge is 0.390 e. The van der Waals surface area contributed by atoms with Crippen molar-refractivity contribution in [1.29, 1.82) is 0 Å². The fourth-order valence-corrected chi connectivity index (χ4v) is 3.14. The minimum atomic E-state index is -4.27. The number of anilines is 1. The number of alkyl halides is 5. The van der Waals surface area contributed by atoms with Gasteiger partial charge in [-0.2, -0.15) is 13.2 Å². The maximum atomic E-state index is 12.9. The van der Waals surface area contributed by atoms with Crippen molar-refractivity contribution in [3.8, 4) is 11.3 Å². The van der Waals surface area contributed by atoms with Gasteiger partial charge in [0.2, 0.25) is 5.95 Å². The summed E-state index contributed by atoms with van der Waals surface area (Å²) in [5.41, 5.74) is 2.59. The number of pyridine rings is 1. The highest BCUT2D eigenvalue weighted by Crippen LogP contribution is 2.26. The lowest BCUT2D eigenvalue weighted by molar-refractivity contribution is -0.131. The van der Waals surface area contributed by atoms with Crippen molar-refractivity contribution in [3.63, 3.8) is 0 Å². The third-order valence-electron chi connectivity index (χ3n) is 4.49. The summed E-state index contributed by atoms with van der Waals surface area (Å²) >= 11 is 0. The molecule has 4 aromatic heterocycles. The summed E-state index contributed by atoms with van der Waals surface area (Å²) in [4.78, 5) is 12.8. The Morgan fingerprint density at radius 2 is 1.93 bits per heavy atom. The van der Waals surface area contributed by atoms with Crippen molar-refractivity contribution in [1.82, 2.24) is 29.1 Å². The van der Waals surface area contributed by atoms with E-state index in [4.69, 9.17) is 0 Å². The monoisotopic (exact) mass is 425 g/mol. The molecule has 158 valence electrons. The Hall–Kier alpha value is -3.31. The van der Waals surface area contributed by atoms with E-state index in [0.717, 1.165) is 0 Å². The molecule has 12 heteroatoms. The van der Waals surface area contributed by atoms with Crippen LogP contribution in [0.2, 0.25) is 0 Å². The van der Waals surface area contributed by atoms with Gasteiger partial charge in [0.1, 0.15) is 11.3 Å². The lowest BCUT2D eigenvalue weighted by atomic mass is 10.2. The van der Waals surface area contributed by atoms with Crippen molar-refractivity contribution in [3.05, 3.63) is 36.4 Å². The standard InChI is InChI=1S/C18H16F5N7/c1-10-26-13-3-2-12(27-16(13)29(10)9-15(19)20)11-4-7-30-14(11)8-25-17(28-30)24-6-5-18(21,22)23/h2-4,7-8,15H,5-6,9H2,1H3,(H,24,28). The maximum absolute atomic E-state index is 12.9. The molecule has 1 N–H and O–H groups in total. The number of nitrogens with one attached hydrogen (secondary N) is 1. The van der Waals surface area contributed by atoms with Gasteiger partial charge in [-0.1, -0.05) is 0 Å². The van der Waals surface area contributed by atoms with Crippen molar-refractivity contribution < 1.29 is 22.0 Å². The molecule has 4 aromatic rings. The van der Waals surface area contributed by atoms with E-state index < -0.39 is 25.6 Å². The lowest BCUT2D eigenvalue weighted by Gasteiger charge is -2.08. The molecule has 0 spiro atoms. The van der Waals surface area contributed by atoms with Gasteiger partial charge in [-0.05, 0) is 25.1 Å². The topological polar surface area (TPSA) is 72.9 Å². The first-order valence-electron chi connectivity index (χ1n) is 8.99. The van der Waals surface area contributed by atoms with Gasteiger partial charge < -0.3 is 9.88 Å². The van der Waals surface area contributed by atoms with E-state index in [1.165, 1.54) is 15.3 Å². The first kappa shape index (κ1) is 20.0. The van der Waals surface area contributed by atoms with E-state index >= 15 is 0 Å². The number of aromatic nitrogens is 6. The minimum absolute atomic E-state index is 0.0583. The van der Waals surface area contributed by atoms with Crippen LogP contribution in [0.3, 0.4) is 0 Å². The van der Waals surface area contributed by atoms with Crippen LogP contribution in [0.4, 0.5) is 27.9 Å². The normalized spacial score (nSPS) is 12.4. The minimum Gasteiger partial charge on any atom is -0.353 e. The van der Waals surface area contributed by atoms with E-state index in [-0.39, 0.29) is 12.5 Å². The number of nitrogens with zero attached hydrogens (tertiary/aromatic N) is 6. The number of aryl methyl sites for hydroxylation is 1. The Morgan fingerprint density at radius 1 is 1.13 bits per heavy atom. The number of fused-ring (bicyclic) bond motifs is 2. The van der Waals surface area contributed by atoms with Crippen LogP contribution in [-0.2, 0) is 6.54 Å². The van der Waals surface area contributed by atoms with Crippen molar-refractivity contribution in [2.45, 2.75) is 32.5 Å². The summed E-state index contributed by atoms with van der Waals surface area (Å²) in [5.74, 6) is 0.498. The summed E-state index contributed by atoms with van der Waals surface area (Å²) in [6.45, 7) is 0.791. The molecule has 0 aliphatic rings. The van der Waals surface area contributed by atoms with Crippen LogP contribution in [0.25, 0.3) is 27.9 Å². The molecular formula is C18H16F5N7. The first-order valence-corrected chi connectivity index (χ1v) is 8.99. The molecule has 0 saturated carbocycles. The Balaban J connectivity index is 1.65. The lowest BCUT2D eigenvalue weighted by Crippen LogP contribution is -2.16. The molecule has 0 radical (unpaired) electrons. The number of rotatable bonds is 6. The molecule has 7 nitrogen and oxygen atoms in total. The van der Waals surface area contributed by atoms with Gasteiger partial charge in [-0.15, -0.1) is 5.10 Å². The Labute approximate surface area is 166 Å². The molecule has 0 bridgehead atoms. The van der Waals surface area contributed by atoms with Gasteiger partial charge >= 0.3 is 6.18 Å². The van der Waals surface area contributed by atoms with Crippen LogP contribution in [0.15, 0.2) is 30.6 Å². The molecule has 0 unspecified atom stereocenters. The van der Waals surface area contributed by atoms with Gasteiger partial charge in [0.15, 0.2) is 5.65 Å². The third-order valence-corrected chi connectivity index (χ3v) is 4.49. The van der Waals surface area contributed by atoms with E-state index in [9.17, 15) is 22.0 Å². The third kappa shape index (κ3) is 4.02. The van der Waals surface area contributed by atoms with Crippen LogP contribution in [-0.4, -0.2) is 48.3 Å². The fraction of sp³-hybridized carbons (Fsp3) is 0.333. The Bertz CT molecular complexity index is 1200. The van der Waals surface area contributed by atoms with Crippen LogP contribution in [0.1, 0.15) is 12.2 Å². The maximum Gasteiger partial charge on any atom is 0.390 e. The van der Waals surface area contributed by atoms with Crippen molar-refractivity contribution in [2.75, 3.05) is 11.9 Å². The van der Waals surface area contributed by atoms with Gasteiger partial charge in [-0.3, -0.25) is 0 Å². The highest BCUT2D eigenvalue weighted by Gasteiger charge is 2.26. The zero-order valence-electron chi connectivity index (χ0n) is 15.7. The summed E-state index contributed by atoms with van der Waals surface area (Å²) in [6.07, 6.45) is -4.72. The highest BCUT2D eigenvalue weighted by atomic mass is 19.4. The molecule has 30 heavy (non-hydrogen) atoms. The predicted octanol–water partition coefficient (Wildman–Crippen LogP) is 4.08. The van der Waals surface area contributed by atoms with E-state index in [0.29, 0.717) is 33.8 Å². The molecular weight excluding hydrogens is 409 g/mol. The molecule has 0 fully saturated rings. The van der Waals surface area contributed by atoms with Crippen LogP contribution >= 0.6 is 0 Å². The van der Waals surface area contributed by atoms with Crippen molar-refractivity contribution in [2.24, 2.45) is 0 Å². The molecule has 0 atom stereocenters. The second-order valence-corrected chi connectivity index (χ2v) is 6.63. The number of hydrogen-bond donors (Lipinski definition) is 1. The zero-order chi connectivity index (χ0) is 21.5. The zero-order valence-corrected chi connectivity index (χ0v) is 15.7. The second-order valence-electron chi connectivity index (χ2n) is 6.63. The van der Waals surface area contributed by atoms with Gasteiger partial charge in [0.05, 0.1) is 30.4 Å². The van der Waals surface area contributed by atoms with Gasteiger partial charge in [0.25, 0.3) is 6.43 Å².